The zero-order valence-electron chi connectivity index (χ0n) is 9.19. The molecule has 0 saturated heterocycles. The molecule has 0 aliphatic heterocycles. The maximum atomic E-state index is 11.8. The number of aryl methyl sites for hydroxylation is 1. The van der Waals surface area contributed by atoms with Crippen LogP contribution in [-0.4, -0.2) is 5.91 Å². The number of carbonyl (C=O) groups is 1. The van der Waals surface area contributed by atoms with Crippen molar-refractivity contribution in [2.45, 2.75) is 19.9 Å². The molecule has 2 rings (SSSR count). The van der Waals surface area contributed by atoms with Crippen molar-refractivity contribution in [1.82, 2.24) is 5.32 Å². The average Bonchev–Trinajstić information content (AvgIpc) is 2.87. The zero-order chi connectivity index (χ0) is 11.5. The molecule has 0 aliphatic rings. The van der Waals surface area contributed by atoms with E-state index in [1.165, 1.54) is 11.3 Å². The maximum Gasteiger partial charge on any atom is 0.252 e. The molecule has 0 radical (unpaired) electrons. The molecule has 1 atom stereocenters. The highest BCUT2D eigenvalue weighted by Gasteiger charge is 2.13. The highest BCUT2D eigenvalue weighted by molar-refractivity contribution is 7.08. The summed E-state index contributed by atoms with van der Waals surface area (Å²) in [5.41, 5.74) is 0.695. The number of hydrogen-bond acceptors (Lipinski definition) is 3. The molecule has 16 heavy (non-hydrogen) atoms. The summed E-state index contributed by atoms with van der Waals surface area (Å²) in [5, 5.41) is 6.60. The molecule has 0 aromatic carbocycles. The van der Waals surface area contributed by atoms with Crippen molar-refractivity contribution in [3.63, 3.8) is 0 Å². The van der Waals surface area contributed by atoms with Crippen LogP contribution in [0.15, 0.2) is 33.4 Å². The summed E-state index contributed by atoms with van der Waals surface area (Å²) in [6.45, 7) is 3.79. The SMILES string of the molecule is Cc1ccc(C(C)NC(=O)c2ccsc2)o1. The van der Waals surface area contributed by atoms with Crippen LogP contribution in [0.25, 0.3) is 0 Å². The minimum Gasteiger partial charge on any atom is -0.464 e. The number of hydrogen-bond donors (Lipinski definition) is 1. The second-order valence-electron chi connectivity index (χ2n) is 3.66. The lowest BCUT2D eigenvalue weighted by atomic mass is 10.2. The largest absolute Gasteiger partial charge is 0.464 e. The molecule has 3 nitrogen and oxygen atoms in total. The third kappa shape index (κ3) is 2.33. The molecule has 2 aromatic heterocycles. The van der Waals surface area contributed by atoms with E-state index in [-0.39, 0.29) is 11.9 Å². The van der Waals surface area contributed by atoms with Crippen LogP contribution in [0.3, 0.4) is 0 Å². The summed E-state index contributed by atoms with van der Waals surface area (Å²) in [6.07, 6.45) is 0. The monoisotopic (exact) mass is 235 g/mol. The van der Waals surface area contributed by atoms with Crippen molar-refractivity contribution in [1.29, 1.82) is 0 Å². The first-order valence-corrected chi connectivity index (χ1v) is 6.00. The Kier molecular flexibility index (Phi) is 3.10. The molecule has 0 aliphatic carbocycles. The van der Waals surface area contributed by atoms with E-state index in [1.54, 1.807) is 6.07 Å². The van der Waals surface area contributed by atoms with Crippen LogP contribution in [-0.2, 0) is 0 Å². The molecule has 0 saturated carbocycles. The van der Waals surface area contributed by atoms with E-state index in [9.17, 15) is 4.79 Å². The zero-order valence-corrected chi connectivity index (χ0v) is 10.0. The molecule has 1 amide bonds. The van der Waals surface area contributed by atoms with Crippen molar-refractivity contribution in [2.75, 3.05) is 0 Å². The maximum absolute atomic E-state index is 11.8. The van der Waals surface area contributed by atoms with Crippen LogP contribution >= 0.6 is 11.3 Å². The number of rotatable bonds is 3. The molecule has 0 spiro atoms. The van der Waals surface area contributed by atoms with Gasteiger partial charge in [-0.2, -0.15) is 11.3 Å². The third-order valence-corrected chi connectivity index (χ3v) is 3.00. The van der Waals surface area contributed by atoms with Crippen molar-refractivity contribution in [3.8, 4) is 0 Å². The van der Waals surface area contributed by atoms with E-state index in [0.717, 1.165) is 11.5 Å². The van der Waals surface area contributed by atoms with Crippen LogP contribution in [0.4, 0.5) is 0 Å². The Hall–Kier alpha value is -1.55. The first-order chi connectivity index (χ1) is 7.66. The fourth-order valence-corrected chi connectivity index (χ4v) is 2.07. The van der Waals surface area contributed by atoms with Gasteiger partial charge in [0.05, 0.1) is 11.6 Å². The first-order valence-electron chi connectivity index (χ1n) is 5.06. The van der Waals surface area contributed by atoms with Crippen molar-refractivity contribution in [2.24, 2.45) is 0 Å². The molecule has 1 N–H and O–H groups in total. The fourth-order valence-electron chi connectivity index (χ4n) is 1.43. The van der Waals surface area contributed by atoms with E-state index >= 15 is 0 Å². The summed E-state index contributed by atoms with van der Waals surface area (Å²) in [5.74, 6) is 1.57. The Labute approximate surface area is 98.1 Å². The van der Waals surface area contributed by atoms with E-state index in [2.05, 4.69) is 5.32 Å². The molecular weight excluding hydrogens is 222 g/mol. The minimum atomic E-state index is -0.110. The van der Waals surface area contributed by atoms with Gasteiger partial charge in [-0.15, -0.1) is 0 Å². The summed E-state index contributed by atoms with van der Waals surface area (Å²) >= 11 is 1.51. The second-order valence-corrected chi connectivity index (χ2v) is 4.44. The van der Waals surface area contributed by atoms with Crippen LogP contribution in [0.2, 0.25) is 0 Å². The van der Waals surface area contributed by atoms with E-state index in [0.29, 0.717) is 5.56 Å². The molecule has 4 heteroatoms. The van der Waals surface area contributed by atoms with Gasteiger partial charge < -0.3 is 9.73 Å². The van der Waals surface area contributed by atoms with Crippen molar-refractivity contribution >= 4 is 17.2 Å². The predicted octanol–water partition coefficient (Wildman–Crippen LogP) is 3.14. The lowest BCUT2D eigenvalue weighted by molar-refractivity contribution is 0.0935. The van der Waals surface area contributed by atoms with E-state index in [4.69, 9.17) is 4.42 Å². The number of thiophene rings is 1. The van der Waals surface area contributed by atoms with Crippen LogP contribution in [0, 0.1) is 6.92 Å². The second kappa shape index (κ2) is 4.53. The Morgan fingerprint density at radius 1 is 1.44 bits per heavy atom. The third-order valence-electron chi connectivity index (χ3n) is 2.32. The number of nitrogens with one attached hydrogen (secondary N) is 1. The number of carbonyl (C=O) groups excluding carboxylic acids is 1. The Balaban J connectivity index is 2.03. The molecule has 0 bridgehead atoms. The van der Waals surface area contributed by atoms with Gasteiger partial charge in [0.15, 0.2) is 0 Å². The van der Waals surface area contributed by atoms with Crippen molar-refractivity contribution < 1.29 is 9.21 Å². The van der Waals surface area contributed by atoms with Gasteiger partial charge in [0.1, 0.15) is 11.5 Å². The van der Waals surface area contributed by atoms with Gasteiger partial charge in [0.2, 0.25) is 0 Å². The summed E-state index contributed by atoms with van der Waals surface area (Å²) in [6, 6.07) is 5.47. The lowest BCUT2D eigenvalue weighted by Crippen LogP contribution is -2.25. The Morgan fingerprint density at radius 2 is 2.25 bits per heavy atom. The molecule has 2 heterocycles. The van der Waals surface area contributed by atoms with E-state index in [1.807, 2.05) is 36.7 Å². The smallest absolute Gasteiger partial charge is 0.252 e. The summed E-state index contributed by atoms with van der Waals surface area (Å²) in [7, 11) is 0. The van der Waals surface area contributed by atoms with Gasteiger partial charge in [0, 0.05) is 5.38 Å². The quantitative estimate of drug-likeness (QED) is 0.888. The van der Waals surface area contributed by atoms with Gasteiger partial charge in [-0.05, 0) is 37.4 Å². The van der Waals surface area contributed by atoms with Gasteiger partial charge in [0.25, 0.3) is 5.91 Å². The Bertz CT molecular complexity index is 473. The van der Waals surface area contributed by atoms with Gasteiger partial charge in [-0.25, -0.2) is 0 Å². The normalized spacial score (nSPS) is 12.4. The van der Waals surface area contributed by atoms with Crippen LogP contribution in [0.5, 0.6) is 0 Å². The van der Waals surface area contributed by atoms with Crippen LogP contribution < -0.4 is 5.32 Å². The minimum absolute atomic E-state index is 0.0668. The Morgan fingerprint density at radius 3 is 2.81 bits per heavy atom. The predicted molar refractivity (Wildman–Crippen MR) is 63.6 cm³/mol. The molecule has 2 aromatic rings. The van der Waals surface area contributed by atoms with Gasteiger partial charge in [-0.3, -0.25) is 4.79 Å². The molecule has 1 unspecified atom stereocenters. The van der Waals surface area contributed by atoms with E-state index < -0.39 is 0 Å². The standard InChI is InChI=1S/C12H13NO2S/c1-8-3-4-11(15-8)9(2)13-12(14)10-5-6-16-7-10/h3-7,9H,1-2H3,(H,13,14). The first kappa shape index (κ1) is 11.0. The molecule has 84 valence electrons. The molecule has 0 fully saturated rings. The fraction of sp³-hybridized carbons (Fsp3) is 0.250. The molecular formula is C12H13NO2S. The highest BCUT2D eigenvalue weighted by Crippen LogP contribution is 2.16. The average molecular weight is 235 g/mol. The summed E-state index contributed by atoms with van der Waals surface area (Å²) in [4.78, 5) is 11.8. The number of furan rings is 1. The lowest BCUT2D eigenvalue weighted by Gasteiger charge is -2.10. The summed E-state index contributed by atoms with van der Waals surface area (Å²) < 4.78 is 5.45. The van der Waals surface area contributed by atoms with Crippen LogP contribution in [0.1, 0.15) is 34.8 Å². The number of amides is 1. The highest BCUT2D eigenvalue weighted by atomic mass is 32.1. The van der Waals surface area contributed by atoms with Gasteiger partial charge in [-0.1, -0.05) is 0 Å². The topological polar surface area (TPSA) is 42.2 Å². The van der Waals surface area contributed by atoms with Gasteiger partial charge >= 0.3 is 0 Å². The van der Waals surface area contributed by atoms with Crippen molar-refractivity contribution in [3.05, 3.63) is 46.0 Å².